The third kappa shape index (κ3) is 3.72. The summed E-state index contributed by atoms with van der Waals surface area (Å²) in [4.78, 5) is 25.8. The third-order valence-corrected chi connectivity index (χ3v) is 5.35. The Morgan fingerprint density at radius 1 is 1.17 bits per heavy atom. The van der Waals surface area contributed by atoms with Crippen molar-refractivity contribution in [2.75, 3.05) is 0 Å². The Labute approximate surface area is 150 Å². The molecule has 0 aliphatic carbocycles. The quantitative estimate of drug-likeness (QED) is 0.649. The van der Waals surface area contributed by atoms with Crippen LogP contribution in [0.1, 0.15) is 30.5 Å². The largest absolute Gasteiger partial charge is 0.347 e. The molecule has 3 aromatic rings. The molecule has 0 radical (unpaired) electrons. The second-order valence-corrected chi connectivity index (χ2v) is 7.27. The highest BCUT2D eigenvalue weighted by Crippen LogP contribution is 2.22. The molecular weight excluding hydrogens is 369 g/mol. The molecule has 1 amide bonds. The molecule has 0 saturated carbocycles. The Morgan fingerprint density at radius 2 is 2.00 bits per heavy atom. The number of rotatable bonds is 5. The van der Waals surface area contributed by atoms with Crippen molar-refractivity contribution >= 4 is 46.0 Å². The fourth-order valence-corrected chi connectivity index (χ4v) is 3.87. The first kappa shape index (κ1) is 16.8. The lowest BCUT2D eigenvalue weighted by molar-refractivity contribution is 0.0951. The van der Waals surface area contributed by atoms with Gasteiger partial charge in [0.25, 0.3) is 5.91 Å². The average Bonchev–Trinajstić information content (AvgIpc) is 3.24. The Morgan fingerprint density at radius 3 is 2.71 bits per heavy atom. The summed E-state index contributed by atoms with van der Waals surface area (Å²) in [5.41, 5.74) is 0.875. The SMILES string of the molecule is O=C(c1ccsc1)c1ccc(CNC(=O)c2ccc(F)cc2Cl)s1. The Bertz CT molecular complexity index is 890. The molecule has 3 nitrogen and oxygen atoms in total. The summed E-state index contributed by atoms with van der Waals surface area (Å²) < 4.78 is 13.0. The fourth-order valence-electron chi connectivity index (χ4n) is 2.07. The summed E-state index contributed by atoms with van der Waals surface area (Å²) in [6.07, 6.45) is 0. The van der Waals surface area contributed by atoms with Crippen LogP contribution in [0.5, 0.6) is 0 Å². The van der Waals surface area contributed by atoms with Crippen LogP contribution in [0.15, 0.2) is 47.2 Å². The number of nitrogens with one attached hydrogen (secondary N) is 1. The summed E-state index contributed by atoms with van der Waals surface area (Å²) in [6, 6.07) is 8.95. The highest BCUT2D eigenvalue weighted by molar-refractivity contribution is 7.14. The zero-order valence-corrected chi connectivity index (χ0v) is 14.6. The van der Waals surface area contributed by atoms with Crippen LogP contribution in [0.2, 0.25) is 5.02 Å². The molecule has 3 rings (SSSR count). The van der Waals surface area contributed by atoms with E-state index < -0.39 is 5.82 Å². The van der Waals surface area contributed by atoms with Gasteiger partial charge in [-0.25, -0.2) is 4.39 Å². The van der Waals surface area contributed by atoms with Crippen LogP contribution in [-0.2, 0) is 6.54 Å². The number of ketones is 1. The smallest absolute Gasteiger partial charge is 0.253 e. The van der Waals surface area contributed by atoms with Gasteiger partial charge in [-0.05, 0) is 41.8 Å². The van der Waals surface area contributed by atoms with E-state index in [-0.39, 0.29) is 28.8 Å². The highest BCUT2D eigenvalue weighted by atomic mass is 35.5. The Kier molecular flexibility index (Phi) is 5.08. The van der Waals surface area contributed by atoms with Gasteiger partial charge in [-0.2, -0.15) is 11.3 Å². The summed E-state index contributed by atoms with van der Waals surface area (Å²) in [6.45, 7) is 0.272. The lowest BCUT2D eigenvalue weighted by atomic mass is 10.2. The number of benzene rings is 1. The monoisotopic (exact) mass is 379 g/mol. The highest BCUT2D eigenvalue weighted by Gasteiger charge is 2.14. The Balaban J connectivity index is 1.65. The van der Waals surface area contributed by atoms with Crippen molar-refractivity contribution in [2.24, 2.45) is 0 Å². The number of halogens is 2. The van der Waals surface area contributed by atoms with Gasteiger partial charge in [0.1, 0.15) is 5.82 Å². The molecule has 0 aliphatic heterocycles. The van der Waals surface area contributed by atoms with Crippen LogP contribution in [0.3, 0.4) is 0 Å². The lowest BCUT2D eigenvalue weighted by Crippen LogP contribution is -2.22. The molecule has 7 heteroatoms. The minimum atomic E-state index is -0.494. The molecule has 2 heterocycles. The van der Waals surface area contributed by atoms with E-state index in [9.17, 15) is 14.0 Å². The lowest BCUT2D eigenvalue weighted by Gasteiger charge is -2.05. The van der Waals surface area contributed by atoms with Crippen LogP contribution in [0, 0.1) is 5.82 Å². The van der Waals surface area contributed by atoms with Gasteiger partial charge in [-0.3, -0.25) is 9.59 Å². The van der Waals surface area contributed by atoms with Gasteiger partial charge in [-0.1, -0.05) is 11.6 Å². The first-order valence-electron chi connectivity index (χ1n) is 6.93. The normalized spacial score (nSPS) is 10.6. The number of hydrogen-bond donors (Lipinski definition) is 1. The molecule has 0 saturated heterocycles. The molecule has 0 aliphatic rings. The molecule has 0 atom stereocenters. The average molecular weight is 380 g/mol. The standard InChI is InChI=1S/C17H11ClFNO2S2/c18-14-7-11(19)1-3-13(14)17(22)20-8-12-2-4-15(24-12)16(21)10-5-6-23-9-10/h1-7,9H,8H2,(H,20,22). The summed E-state index contributed by atoms with van der Waals surface area (Å²) >= 11 is 8.67. The molecule has 0 bridgehead atoms. The van der Waals surface area contributed by atoms with Crippen LogP contribution < -0.4 is 5.32 Å². The van der Waals surface area contributed by atoms with E-state index in [0.29, 0.717) is 10.4 Å². The minimum Gasteiger partial charge on any atom is -0.347 e. The molecule has 24 heavy (non-hydrogen) atoms. The van der Waals surface area contributed by atoms with Crippen LogP contribution in [0.4, 0.5) is 4.39 Å². The van der Waals surface area contributed by atoms with E-state index in [4.69, 9.17) is 11.6 Å². The van der Waals surface area contributed by atoms with Gasteiger partial charge in [-0.15, -0.1) is 11.3 Å². The van der Waals surface area contributed by atoms with Gasteiger partial charge >= 0.3 is 0 Å². The van der Waals surface area contributed by atoms with Crippen molar-refractivity contribution < 1.29 is 14.0 Å². The number of hydrogen-bond acceptors (Lipinski definition) is 4. The molecule has 1 N–H and O–H groups in total. The van der Waals surface area contributed by atoms with E-state index in [0.717, 1.165) is 10.9 Å². The zero-order chi connectivity index (χ0) is 17.1. The number of thiophene rings is 2. The maximum absolute atomic E-state index is 13.0. The van der Waals surface area contributed by atoms with Gasteiger partial charge < -0.3 is 5.32 Å². The molecule has 0 fully saturated rings. The predicted octanol–water partition coefficient (Wildman–Crippen LogP) is 4.76. The van der Waals surface area contributed by atoms with Gasteiger partial charge in [0.15, 0.2) is 0 Å². The van der Waals surface area contributed by atoms with E-state index >= 15 is 0 Å². The second kappa shape index (κ2) is 7.25. The van der Waals surface area contributed by atoms with Crippen molar-refractivity contribution in [3.8, 4) is 0 Å². The van der Waals surface area contributed by atoms with Crippen LogP contribution >= 0.6 is 34.3 Å². The van der Waals surface area contributed by atoms with Crippen LogP contribution in [0.25, 0.3) is 0 Å². The maximum atomic E-state index is 13.0. The van der Waals surface area contributed by atoms with E-state index in [1.165, 1.54) is 34.8 Å². The van der Waals surface area contributed by atoms with Gasteiger partial charge in [0, 0.05) is 15.8 Å². The molecule has 122 valence electrons. The number of carbonyl (C=O) groups is 2. The summed E-state index contributed by atoms with van der Waals surface area (Å²) in [5, 5.41) is 6.44. The third-order valence-electron chi connectivity index (χ3n) is 3.27. The molecular formula is C17H11ClFNO2S2. The fraction of sp³-hybridized carbons (Fsp3) is 0.0588. The number of amides is 1. The van der Waals surface area contributed by atoms with Crippen molar-refractivity contribution in [1.29, 1.82) is 0 Å². The van der Waals surface area contributed by atoms with Crippen molar-refractivity contribution in [3.63, 3.8) is 0 Å². The second-order valence-electron chi connectivity index (χ2n) is 4.91. The van der Waals surface area contributed by atoms with E-state index in [1.807, 2.05) is 5.38 Å². The van der Waals surface area contributed by atoms with Gasteiger partial charge in [0.05, 0.1) is 22.0 Å². The zero-order valence-electron chi connectivity index (χ0n) is 12.2. The topological polar surface area (TPSA) is 46.2 Å². The van der Waals surface area contributed by atoms with E-state index in [1.54, 1.807) is 23.6 Å². The van der Waals surface area contributed by atoms with Gasteiger partial charge in [0.2, 0.25) is 5.78 Å². The van der Waals surface area contributed by atoms with E-state index in [2.05, 4.69) is 5.32 Å². The number of carbonyl (C=O) groups excluding carboxylic acids is 2. The molecule has 1 aromatic carbocycles. The van der Waals surface area contributed by atoms with Crippen LogP contribution in [-0.4, -0.2) is 11.7 Å². The first-order valence-corrected chi connectivity index (χ1v) is 9.07. The van der Waals surface area contributed by atoms with Crippen molar-refractivity contribution in [2.45, 2.75) is 6.54 Å². The molecule has 0 spiro atoms. The Hall–Kier alpha value is -2.02. The molecule has 0 unspecified atom stereocenters. The summed E-state index contributed by atoms with van der Waals surface area (Å²) in [7, 11) is 0. The predicted molar refractivity (Wildman–Crippen MR) is 94.7 cm³/mol. The minimum absolute atomic E-state index is 0.0274. The summed E-state index contributed by atoms with van der Waals surface area (Å²) in [5.74, 6) is -0.911. The van der Waals surface area contributed by atoms with Crippen molar-refractivity contribution in [3.05, 3.63) is 78.9 Å². The first-order chi connectivity index (χ1) is 11.5. The van der Waals surface area contributed by atoms with Crippen molar-refractivity contribution in [1.82, 2.24) is 5.32 Å². The molecule has 2 aromatic heterocycles. The maximum Gasteiger partial charge on any atom is 0.253 e.